The van der Waals surface area contributed by atoms with Crippen molar-refractivity contribution < 1.29 is 4.79 Å². The molecule has 9 nitrogen and oxygen atoms in total. The minimum Gasteiger partial charge on any atom is -0.355 e. The van der Waals surface area contributed by atoms with E-state index >= 15 is 0 Å². The van der Waals surface area contributed by atoms with Gasteiger partial charge in [0.1, 0.15) is 6.54 Å². The van der Waals surface area contributed by atoms with Crippen LogP contribution in [-0.2, 0) is 11.8 Å². The van der Waals surface area contributed by atoms with E-state index in [-0.39, 0.29) is 29.9 Å². The first kappa shape index (κ1) is 22.9. The zero-order chi connectivity index (χ0) is 19.4. The molecule has 2 fully saturated rings. The smallest absolute Gasteiger partial charge is 0.246 e. The van der Waals surface area contributed by atoms with Gasteiger partial charge >= 0.3 is 0 Å². The second-order valence-corrected chi connectivity index (χ2v) is 7.46. The lowest BCUT2D eigenvalue weighted by atomic mass is 10.2. The van der Waals surface area contributed by atoms with E-state index < -0.39 is 0 Å². The van der Waals surface area contributed by atoms with Gasteiger partial charge in [0.05, 0.1) is 11.9 Å². The molecule has 1 N–H and O–H groups in total. The summed E-state index contributed by atoms with van der Waals surface area (Å²) < 4.78 is 1.72. The number of guanidine groups is 1. The van der Waals surface area contributed by atoms with E-state index in [1.54, 1.807) is 22.8 Å². The Hall–Kier alpha value is -1.40. The molecule has 0 radical (unpaired) electrons. The molecule has 2 aliphatic heterocycles. The number of nitrogens with zero attached hydrogens (tertiary/aromatic N) is 7. The molecule has 1 unspecified atom stereocenters. The Bertz CT molecular complexity index is 670. The molecule has 28 heavy (non-hydrogen) atoms. The number of carbonyl (C=O) groups excluding carboxylic acids is 1. The summed E-state index contributed by atoms with van der Waals surface area (Å²) in [5.74, 6) is 0.875. The molecule has 0 aromatic carbocycles. The third kappa shape index (κ3) is 5.57. The molecule has 158 valence electrons. The molecular weight excluding hydrogens is 471 g/mol. The van der Waals surface area contributed by atoms with Gasteiger partial charge in [-0.05, 0) is 14.0 Å². The van der Waals surface area contributed by atoms with Crippen molar-refractivity contribution >= 4 is 41.5 Å². The summed E-state index contributed by atoms with van der Waals surface area (Å²) in [6.07, 6.45) is 3.61. The Kier molecular flexibility index (Phi) is 8.50. The number of rotatable bonds is 4. The van der Waals surface area contributed by atoms with Crippen LogP contribution in [0, 0.1) is 0 Å². The Morgan fingerprint density at radius 1 is 1.21 bits per heavy atom. The van der Waals surface area contributed by atoms with Crippen LogP contribution >= 0.6 is 24.0 Å². The van der Waals surface area contributed by atoms with Crippen LogP contribution in [0.25, 0.3) is 0 Å². The highest BCUT2D eigenvalue weighted by Gasteiger charge is 2.28. The normalized spacial score (nSPS) is 20.9. The average Bonchev–Trinajstić information content (AvgIpc) is 3.09. The summed E-state index contributed by atoms with van der Waals surface area (Å²) in [6, 6.07) is 0.433. The van der Waals surface area contributed by atoms with Gasteiger partial charge in [0.2, 0.25) is 5.91 Å². The van der Waals surface area contributed by atoms with Gasteiger partial charge in [-0.2, -0.15) is 5.10 Å². The first-order valence-corrected chi connectivity index (χ1v) is 9.65. The monoisotopic (exact) mass is 504 g/mol. The van der Waals surface area contributed by atoms with Crippen molar-refractivity contribution in [1.29, 1.82) is 0 Å². The minimum atomic E-state index is 0. The zero-order valence-electron chi connectivity index (χ0n) is 17.3. The Morgan fingerprint density at radius 3 is 2.50 bits per heavy atom. The van der Waals surface area contributed by atoms with E-state index in [9.17, 15) is 4.79 Å². The van der Waals surface area contributed by atoms with Crippen molar-refractivity contribution in [1.82, 2.24) is 29.8 Å². The quantitative estimate of drug-likeness (QED) is 0.351. The summed E-state index contributed by atoms with van der Waals surface area (Å²) in [5, 5.41) is 7.62. The van der Waals surface area contributed by atoms with Gasteiger partial charge in [-0.1, -0.05) is 0 Å². The topological polar surface area (TPSA) is 72.2 Å². The van der Waals surface area contributed by atoms with Crippen molar-refractivity contribution in [2.45, 2.75) is 13.0 Å². The van der Waals surface area contributed by atoms with Crippen LogP contribution in [-0.4, -0.2) is 109 Å². The number of halogens is 1. The highest BCUT2D eigenvalue weighted by Crippen LogP contribution is 2.16. The number of anilines is 1. The molecule has 2 aliphatic rings. The highest BCUT2D eigenvalue weighted by molar-refractivity contribution is 14.0. The first-order valence-electron chi connectivity index (χ1n) is 9.65. The van der Waals surface area contributed by atoms with E-state index in [2.05, 4.69) is 39.2 Å². The molecule has 0 spiro atoms. The number of likely N-dealkylation sites (N-methyl/N-ethyl adjacent to an activating group) is 1. The fraction of sp³-hybridized carbons (Fsp3) is 0.722. The van der Waals surface area contributed by atoms with Crippen molar-refractivity contribution in [2.24, 2.45) is 12.0 Å². The molecule has 0 bridgehead atoms. The molecule has 1 amide bonds. The standard InChI is InChI=1S/C18H32N8O.HI/c1-15(24-7-5-22(3)6-8-24)11-20-18(19-2)25-9-10-26(17(27)14-25)16-12-21-23(4)13-16;/h12-13,15H,5-11,14H2,1-4H3,(H,19,20);1H. The number of aliphatic imine (C=N–C) groups is 1. The largest absolute Gasteiger partial charge is 0.355 e. The molecule has 0 aliphatic carbocycles. The fourth-order valence-electron chi connectivity index (χ4n) is 3.64. The molecule has 2 saturated heterocycles. The maximum absolute atomic E-state index is 12.6. The summed E-state index contributed by atoms with van der Waals surface area (Å²) >= 11 is 0. The van der Waals surface area contributed by atoms with Crippen LogP contribution in [0.1, 0.15) is 6.92 Å². The van der Waals surface area contributed by atoms with Crippen LogP contribution in [0.15, 0.2) is 17.4 Å². The molecular formula is C18H33IN8O. The molecule has 1 aromatic heterocycles. The number of aryl methyl sites for hydroxylation is 1. The summed E-state index contributed by atoms with van der Waals surface area (Å²) in [7, 11) is 5.81. The van der Waals surface area contributed by atoms with Crippen molar-refractivity contribution in [2.75, 3.05) is 71.4 Å². The fourth-order valence-corrected chi connectivity index (χ4v) is 3.64. The lowest BCUT2D eigenvalue weighted by Gasteiger charge is -2.38. The predicted octanol–water partition coefficient (Wildman–Crippen LogP) is -0.102. The van der Waals surface area contributed by atoms with Gasteiger partial charge in [0.25, 0.3) is 0 Å². The number of hydrogen-bond acceptors (Lipinski definition) is 5. The molecule has 1 atom stereocenters. The third-order valence-electron chi connectivity index (χ3n) is 5.45. The van der Waals surface area contributed by atoms with Crippen LogP contribution < -0.4 is 10.2 Å². The van der Waals surface area contributed by atoms with E-state index in [4.69, 9.17) is 0 Å². The SMILES string of the molecule is CN=C(NCC(C)N1CCN(C)CC1)N1CCN(c2cnn(C)c2)C(=O)C1.I. The van der Waals surface area contributed by atoms with Gasteiger partial charge in [-0.25, -0.2) is 0 Å². The number of aromatic nitrogens is 2. The number of carbonyl (C=O) groups is 1. The predicted molar refractivity (Wildman–Crippen MR) is 122 cm³/mol. The van der Waals surface area contributed by atoms with Gasteiger partial charge in [0.15, 0.2) is 5.96 Å². The Morgan fingerprint density at radius 2 is 1.93 bits per heavy atom. The van der Waals surface area contributed by atoms with Crippen molar-refractivity contribution in [3.05, 3.63) is 12.4 Å². The zero-order valence-corrected chi connectivity index (χ0v) is 19.7. The van der Waals surface area contributed by atoms with E-state index in [0.29, 0.717) is 19.1 Å². The minimum absolute atomic E-state index is 0. The average molecular weight is 504 g/mol. The first-order chi connectivity index (χ1) is 13.0. The maximum Gasteiger partial charge on any atom is 0.246 e. The maximum atomic E-state index is 12.6. The van der Waals surface area contributed by atoms with E-state index in [1.165, 1.54) is 0 Å². The molecule has 0 saturated carbocycles. The van der Waals surface area contributed by atoms with Gasteiger partial charge in [-0.15, -0.1) is 24.0 Å². The van der Waals surface area contributed by atoms with Crippen LogP contribution in [0.3, 0.4) is 0 Å². The summed E-state index contributed by atoms with van der Waals surface area (Å²) in [5.41, 5.74) is 0.855. The van der Waals surface area contributed by atoms with Crippen molar-refractivity contribution in [3.63, 3.8) is 0 Å². The van der Waals surface area contributed by atoms with Crippen molar-refractivity contribution in [3.8, 4) is 0 Å². The molecule has 3 heterocycles. The van der Waals surface area contributed by atoms with Gasteiger partial charge in [0, 0.05) is 72.1 Å². The number of hydrogen-bond donors (Lipinski definition) is 1. The second-order valence-electron chi connectivity index (χ2n) is 7.46. The molecule has 3 rings (SSSR count). The number of piperazine rings is 2. The Labute approximate surface area is 184 Å². The summed E-state index contributed by atoms with van der Waals surface area (Å²) in [4.78, 5) is 25.7. The number of amides is 1. The second kappa shape index (κ2) is 10.4. The van der Waals surface area contributed by atoms with Crippen LogP contribution in [0.5, 0.6) is 0 Å². The van der Waals surface area contributed by atoms with Crippen LogP contribution in [0.2, 0.25) is 0 Å². The lowest BCUT2D eigenvalue weighted by molar-refractivity contribution is -0.120. The number of nitrogens with one attached hydrogen (secondary N) is 1. The molecule has 1 aromatic rings. The summed E-state index contributed by atoms with van der Waals surface area (Å²) in [6.45, 7) is 9.22. The van der Waals surface area contributed by atoms with Crippen LogP contribution in [0.4, 0.5) is 5.69 Å². The van der Waals surface area contributed by atoms with Gasteiger partial charge in [-0.3, -0.25) is 19.4 Å². The van der Waals surface area contributed by atoms with E-state index in [0.717, 1.165) is 50.9 Å². The van der Waals surface area contributed by atoms with E-state index in [1.807, 2.05) is 18.1 Å². The molecule has 10 heteroatoms. The lowest BCUT2D eigenvalue weighted by Crippen LogP contribution is -2.57. The third-order valence-corrected chi connectivity index (χ3v) is 5.45. The Balaban J connectivity index is 0.00000280. The highest BCUT2D eigenvalue weighted by atomic mass is 127. The van der Waals surface area contributed by atoms with Gasteiger partial charge < -0.3 is 20.0 Å².